The second kappa shape index (κ2) is 7.18. The second-order valence-electron chi connectivity index (χ2n) is 5.91. The number of nitrogens with zero attached hydrogens (tertiary/aromatic N) is 3. The molecule has 2 amide bonds. The average Bonchev–Trinajstić information content (AvgIpc) is 3.04. The molecule has 1 aliphatic rings. The summed E-state index contributed by atoms with van der Waals surface area (Å²) < 4.78 is 0. The van der Waals surface area contributed by atoms with E-state index in [0.717, 1.165) is 5.69 Å². The summed E-state index contributed by atoms with van der Waals surface area (Å²) in [5.74, 6) is -0.227. The van der Waals surface area contributed by atoms with Crippen LogP contribution in [-0.2, 0) is 4.79 Å². The van der Waals surface area contributed by atoms with Gasteiger partial charge in [-0.15, -0.1) is 0 Å². The highest BCUT2D eigenvalue weighted by atomic mass is 16.2. The van der Waals surface area contributed by atoms with Crippen molar-refractivity contribution in [2.75, 3.05) is 18.0 Å². The lowest BCUT2D eigenvalue weighted by Gasteiger charge is -2.27. The lowest BCUT2D eigenvalue weighted by Crippen LogP contribution is -2.45. The Bertz CT molecular complexity index is 809. The number of para-hydroxylation sites is 1. The van der Waals surface area contributed by atoms with E-state index >= 15 is 0 Å². The molecule has 0 aliphatic carbocycles. The number of likely N-dealkylation sites (N-methyl/N-ethyl adjacent to an activating group) is 1. The van der Waals surface area contributed by atoms with Crippen molar-refractivity contribution in [1.82, 2.24) is 4.90 Å². The Labute approximate surface area is 147 Å². The first-order valence-electron chi connectivity index (χ1n) is 8.33. The number of amides is 2. The molecule has 1 heterocycles. The van der Waals surface area contributed by atoms with Crippen LogP contribution >= 0.6 is 0 Å². The summed E-state index contributed by atoms with van der Waals surface area (Å²) in [5, 5.41) is 8.87. The van der Waals surface area contributed by atoms with Gasteiger partial charge in [-0.05, 0) is 49.7 Å². The van der Waals surface area contributed by atoms with Gasteiger partial charge in [0.05, 0.1) is 11.6 Å². The molecule has 5 heteroatoms. The largest absolute Gasteiger partial charge is 0.327 e. The third-order valence-electron chi connectivity index (χ3n) is 4.48. The maximum absolute atomic E-state index is 12.8. The van der Waals surface area contributed by atoms with Crippen LogP contribution in [0, 0.1) is 11.3 Å². The molecule has 1 saturated heterocycles. The van der Waals surface area contributed by atoms with Gasteiger partial charge in [-0.1, -0.05) is 18.2 Å². The molecule has 3 rings (SSSR count). The number of hydrogen-bond acceptors (Lipinski definition) is 3. The SMILES string of the molecule is CCN(C(=O)c1ccc(C#N)cc1)C1CCN(c2ccccc2)C1=O. The second-order valence-corrected chi connectivity index (χ2v) is 5.91. The van der Waals surface area contributed by atoms with Crippen molar-refractivity contribution in [3.05, 3.63) is 65.7 Å². The molecule has 5 nitrogen and oxygen atoms in total. The fourth-order valence-electron chi connectivity index (χ4n) is 3.18. The van der Waals surface area contributed by atoms with Crippen molar-refractivity contribution in [3.8, 4) is 6.07 Å². The molecule has 1 atom stereocenters. The number of rotatable bonds is 4. The van der Waals surface area contributed by atoms with Gasteiger partial charge in [0.25, 0.3) is 5.91 Å². The molecular weight excluding hydrogens is 314 g/mol. The fourth-order valence-corrected chi connectivity index (χ4v) is 3.18. The van der Waals surface area contributed by atoms with Crippen molar-refractivity contribution in [3.63, 3.8) is 0 Å². The van der Waals surface area contributed by atoms with E-state index in [1.807, 2.05) is 43.3 Å². The molecule has 0 aromatic heterocycles. The molecular formula is C20H19N3O2. The van der Waals surface area contributed by atoms with Gasteiger partial charge in [0.1, 0.15) is 6.04 Å². The zero-order valence-electron chi connectivity index (χ0n) is 14.1. The lowest BCUT2D eigenvalue weighted by molar-refractivity contribution is -0.120. The predicted molar refractivity (Wildman–Crippen MR) is 95.1 cm³/mol. The molecule has 2 aromatic rings. The number of hydrogen-bond donors (Lipinski definition) is 0. The van der Waals surface area contributed by atoms with Gasteiger partial charge in [0.2, 0.25) is 5.91 Å². The van der Waals surface area contributed by atoms with Crippen molar-refractivity contribution in [2.24, 2.45) is 0 Å². The standard InChI is InChI=1S/C20H19N3O2/c1-2-22(19(24)16-10-8-15(14-21)9-11-16)18-12-13-23(20(18)25)17-6-4-3-5-7-17/h3-11,18H,2,12-13H2,1H3. The third kappa shape index (κ3) is 3.24. The summed E-state index contributed by atoms with van der Waals surface area (Å²) >= 11 is 0. The van der Waals surface area contributed by atoms with Crippen molar-refractivity contribution in [2.45, 2.75) is 19.4 Å². The molecule has 0 N–H and O–H groups in total. The third-order valence-corrected chi connectivity index (χ3v) is 4.48. The topological polar surface area (TPSA) is 64.4 Å². The predicted octanol–water partition coefficient (Wildman–Crippen LogP) is 2.83. The highest BCUT2D eigenvalue weighted by molar-refractivity contribution is 6.03. The average molecular weight is 333 g/mol. The minimum Gasteiger partial charge on any atom is -0.327 e. The van der Waals surface area contributed by atoms with E-state index in [1.165, 1.54) is 0 Å². The summed E-state index contributed by atoms with van der Waals surface area (Å²) in [4.78, 5) is 29.0. The van der Waals surface area contributed by atoms with Crippen LogP contribution in [0.2, 0.25) is 0 Å². The zero-order valence-corrected chi connectivity index (χ0v) is 14.1. The monoisotopic (exact) mass is 333 g/mol. The molecule has 0 bridgehead atoms. The van der Waals surface area contributed by atoms with Crippen molar-refractivity contribution >= 4 is 17.5 Å². The Morgan fingerprint density at radius 3 is 2.48 bits per heavy atom. The van der Waals surface area contributed by atoms with E-state index in [1.54, 1.807) is 34.1 Å². The molecule has 2 aromatic carbocycles. The highest BCUT2D eigenvalue weighted by Gasteiger charge is 2.38. The van der Waals surface area contributed by atoms with Crippen LogP contribution in [0.25, 0.3) is 0 Å². The van der Waals surface area contributed by atoms with Crippen molar-refractivity contribution < 1.29 is 9.59 Å². The van der Waals surface area contributed by atoms with Gasteiger partial charge >= 0.3 is 0 Å². The van der Waals surface area contributed by atoms with Gasteiger partial charge in [-0.2, -0.15) is 5.26 Å². The minimum atomic E-state index is -0.451. The Morgan fingerprint density at radius 2 is 1.88 bits per heavy atom. The maximum Gasteiger partial charge on any atom is 0.254 e. The number of benzene rings is 2. The molecule has 1 aliphatic heterocycles. The molecule has 25 heavy (non-hydrogen) atoms. The molecule has 1 fully saturated rings. The zero-order chi connectivity index (χ0) is 17.8. The summed E-state index contributed by atoms with van der Waals surface area (Å²) in [7, 11) is 0. The quantitative estimate of drug-likeness (QED) is 0.864. The van der Waals surface area contributed by atoms with Crippen LogP contribution in [0.5, 0.6) is 0 Å². The van der Waals surface area contributed by atoms with E-state index in [4.69, 9.17) is 5.26 Å². The van der Waals surface area contributed by atoms with Gasteiger partial charge in [-0.3, -0.25) is 9.59 Å². The van der Waals surface area contributed by atoms with Gasteiger partial charge < -0.3 is 9.80 Å². The van der Waals surface area contributed by atoms with E-state index in [9.17, 15) is 9.59 Å². The number of nitriles is 1. The van der Waals surface area contributed by atoms with Crippen LogP contribution in [0.15, 0.2) is 54.6 Å². The molecule has 0 spiro atoms. The first kappa shape index (κ1) is 16.7. The van der Waals surface area contributed by atoms with Gasteiger partial charge in [0, 0.05) is 24.3 Å². The highest BCUT2D eigenvalue weighted by Crippen LogP contribution is 2.25. The van der Waals surface area contributed by atoms with Gasteiger partial charge in [-0.25, -0.2) is 0 Å². The Hall–Kier alpha value is -3.13. The normalized spacial score (nSPS) is 16.6. The summed E-state index contributed by atoms with van der Waals surface area (Å²) in [6.45, 7) is 2.93. The van der Waals surface area contributed by atoms with Gasteiger partial charge in [0.15, 0.2) is 0 Å². The Kier molecular flexibility index (Phi) is 4.80. The fraction of sp³-hybridized carbons (Fsp3) is 0.250. The van der Waals surface area contributed by atoms with Crippen molar-refractivity contribution in [1.29, 1.82) is 5.26 Å². The van der Waals surface area contributed by atoms with E-state index in [2.05, 4.69) is 0 Å². The van der Waals surface area contributed by atoms with Crippen LogP contribution in [0.3, 0.4) is 0 Å². The first-order chi connectivity index (χ1) is 12.2. The Balaban J connectivity index is 1.80. The van der Waals surface area contributed by atoms with Crippen LogP contribution in [-0.4, -0.2) is 35.8 Å². The first-order valence-corrected chi connectivity index (χ1v) is 8.33. The minimum absolute atomic E-state index is 0.0463. The van der Waals surface area contributed by atoms with E-state index in [-0.39, 0.29) is 11.8 Å². The Morgan fingerprint density at radius 1 is 1.20 bits per heavy atom. The number of anilines is 1. The molecule has 0 saturated carbocycles. The van der Waals surface area contributed by atoms with E-state index < -0.39 is 6.04 Å². The number of carbonyl (C=O) groups is 2. The summed E-state index contributed by atoms with van der Waals surface area (Å²) in [6, 6.07) is 17.6. The summed E-state index contributed by atoms with van der Waals surface area (Å²) in [5.41, 5.74) is 1.86. The lowest BCUT2D eigenvalue weighted by atomic mass is 10.1. The smallest absolute Gasteiger partial charge is 0.254 e. The molecule has 1 unspecified atom stereocenters. The van der Waals surface area contributed by atoms with E-state index in [0.29, 0.717) is 30.6 Å². The molecule has 0 radical (unpaired) electrons. The van der Waals surface area contributed by atoms with Crippen LogP contribution in [0.1, 0.15) is 29.3 Å². The summed E-state index contributed by atoms with van der Waals surface area (Å²) in [6.07, 6.45) is 0.615. The molecule has 126 valence electrons. The van der Waals surface area contributed by atoms with Crippen LogP contribution in [0.4, 0.5) is 5.69 Å². The number of carbonyl (C=O) groups excluding carboxylic acids is 2. The van der Waals surface area contributed by atoms with Crippen LogP contribution < -0.4 is 4.90 Å². The maximum atomic E-state index is 12.8.